The molecule has 9 heteroatoms. The molecule has 0 spiro atoms. The van der Waals surface area contributed by atoms with Gasteiger partial charge in [-0.25, -0.2) is 13.1 Å². The van der Waals surface area contributed by atoms with Gasteiger partial charge in [0.1, 0.15) is 0 Å². The summed E-state index contributed by atoms with van der Waals surface area (Å²) in [5.74, 6) is 0.918. The highest BCUT2D eigenvalue weighted by molar-refractivity contribution is 9.10. The maximum absolute atomic E-state index is 11.4. The Labute approximate surface area is 153 Å². The number of hydrogen-bond donors (Lipinski definition) is 2. The van der Waals surface area contributed by atoms with E-state index in [4.69, 9.17) is 0 Å². The van der Waals surface area contributed by atoms with Crippen LogP contribution in [-0.4, -0.2) is 56.3 Å². The number of rotatable bonds is 9. The third-order valence-electron chi connectivity index (χ3n) is 3.47. The molecule has 0 saturated heterocycles. The quantitative estimate of drug-likeness (QED) is 0.359. The van der Waals surface area contributed by atoms with Gasteiger partial charge in [-0.3, -0.25) is 4.99 Å². The number of aromatic nitrogens is 1. The van der Waals surface area contributed by atoms with Crippen molar-refractivity contribution in [3.8, 4) is 0 Å². The Balaban J connectivity index is 2.56. The summed E-state index contributed by atoms with van der Waals surface area (Å²) in [6.07, 6.45) is 2.69. The summed E-state index contributed by atoms with van der Waals surface area (Å²) in [4.78, 5) is 6.62. The molecule has 0 aromatic carbocycles. The topological polar surface area (TPSA) is 78.7 Å². The molecule has 7 nitrogen and oxygen atoms in total. The van der Waals surface area contributed by atoms with E-state index in [2.05, 4.69) is 46.5 Å². The Kier molecular flexibility index (Phi) is 8.79. The largest absolute Gasteiger partial charge is 0.357 e. The van der Waals surface area contributed by atoms with Crippen LogP contribution >= 0.6 is 15.9 Å². The number of hydrogen-bond acceptors (Lipinski definition) is 3. The van der Waals surface area contributed by atoms with Gasteiger partial charge in [0.15, 0.2) is 5.96 Å². The van der Waals surface area contributed by atoms with E-state index in [0.717, 1.165) is 23.5 Å². The van der Waals surface area contributed by atoms with Crippen LogP contribution in [0.15, 0.2) is 21.7 Å². The van der Waals surface area contributed by atoms with Crippen molar-refractivity contribution in [2.45, 2.75) is 26.8 Å². The second kappa shape index (κ2) is 10.0. The number of sulfonamides is 1. The molecule has 0 fully saturated rings. The van der Waals surface area contributed by atoms with E-state index in [9.17, 15) is 8.42 Å². The highest BCUT2D eigenvalue weighted by Crippen LogP contribution is 2.14. The van der Waals surface area contributed by atoms with E-state index >= 15 is 0 Å². The zero-order valence-corrected chi connectivity index (χ0v) is 17.2. The van der Waals surface area contributed by atoms with Gasteiger partial charge in [0, 0.05) is 50.1 Å². The molecule has 0 aliphatic carbocycles. The predicted molar refractivity (Wildman–Crippen MR) is 103 cm³/mol. The summed E-state index contributed by atoms with van der Waals surface area (Å²) in [6.45, 7) is 6.14. The third-order valence-corrected chi connectivity index (χ3v) is 5.31. The highest BCUT2D eigenvalue weighted by Gasteiger charge is 2.09. The van der Waals surface area contributed by atoms with Crippen LogP contribution in [0.2, 0.25) is 0 Å². The lowest BCUT2D eigenvalue weighted by molar-refractivity contribution is 0.461. The summed E-state index contributed by atoms with van der Waals surface area (Å²) in [6, 6.07) is 2.08. The second-order valence-corrected chi connectivity index (χ2v) is 8.51. The summed E-state index contributed by atoms with van der Waals surface area (Å²) in [5, 5.41) is 3.26. The SMILES string of the molecule is CCNC(=NCCCNS(=O)(=O)CC)N(C)Cc1cc(Br)cn1C. The standard InChI is InChI=1S/C15H28BrN5O2S/c1-5-17-15(18-8-7-9-19-24(22,23)6-2)21(4)12-14-10-13(16)11-20(14)3/h10-11,19H,5-9,12H2,1-4H3,(H,17,18). The first-order valence-electron chi connectivity index (χ1n) is 8.06. The Morgan fingerprint density at radius 1 is 1.42 bits per heavy atom. The molecule has 0 amide bonds. The van der Waals surface area contributed by atoms with Gasteiger partial charge < -0.3 is 14.8 Å². The summed E-state index contributed by atoms with van der Waals surface area (Å²) in [5.41, 5.74) is 1.17. The summed E-state index contributed by atoms with van der Waals surface area (Å²) in [7, 11) is 0.878. The lowest BCUT2D eigenvalue weighted by atomic mass is 10.4. The average Bonchev–Trinajstić information content (AvgIpc) is 2.83. The van der Waals surface area contributed by atoms with E-state index < -0.39 is 10.0 Å². The lowest BCUT2D eigenvalue weighted by Crippen LogP contribution is -2.39. The van der Waals surface area contributed by atoms with Gasteiger partial charge in [-0.05, 0) is 42.3 Å². The molecule has 0 atom stereocenters. The van der Waals surface area contributed by atoms with Crippen molar-refractivity contribution in [1.29, 1.82) is 0 Å². The molecular weight excluding hydrogens is 394 g/mol. The molecule has 1 aromatic rings. The monoisotopic (exact) mass is 421 g/mol. The molecule has 1 aromatic heterocycles. The van der Waals surface area contributed by atoms with Gasteiger partial charge in [-0.15, -0.1) is 0 Å². The molecule has 0 radical (unpaired) electrons. The van der Waals surface area contributed by atoms with Gasteiger partial charge >= 0.3 is 0 Å². The summed E-state index contributed by atoms with van der Waals surface area (Å²) < 4.78 is 28.4. The van der Waals surface area contributed by atoms with Crippen LogP contribution in [-0.2, 0) is 23.6 Å². The molecular formula is C15H28BrN5O2S. The van der Waals surface area contributed by atoms with Crippen LogP contribution in [0.3, 0.4) is 0 Å². The number of nitrogens with zero attached hydrogens (tertiary/aromatic N) is 3. The van der Waals surface area contributed by atoms with Crippen LogP contribution in [0.5, 0.6) is 0 Å². The Morgan fingerprint density at radius 3 is 2.67 bits per heavy atom. The molecule has 1 rings (SSSR count). The predicted octanol–water partition coefficient (Wildman–Crippen LogP) is 1.51. The number of nitrogens with one attached hydrogen (secondary N) is 2. The molecule has 0 aliphatic heterocycles. The highest BCUT2D eigenvalue weighted by atomic mass is 79.9. The van der Waals surface area contributed by atoms with E-state index in [1.54, 1.807) is 6.92 Å². The Morgan fingerprint density at radius 2 is 2.12 bits per heavy atom. The van der Waals surface area contributed by atoms with Crippen molar-refractivity contribution in [2.24, 2.45) is 12.0 Å². The lowest BCUT2D eigenvalue weighted by Gasteiger charge is -2.22. The first-order valence-corrected chi connectivity index (χ1v) is 10.5. The minimum atomic E-state index is -3.12. The van der Waals surface area contributed by atoms with Gasteiger partial charge in [0.2, 0.25) is 10.0 Å². The molecule has 0 saturated carbocycles. The first kappa shape index (κ1) is 21.0. The smallest absolute Gasteiger partial charge is 0.211 e. The number of aliphatic imine (C=N–C) groups is 1. The van der Waals surface area contributed by atoms with E-state index in [1.165, 1.54) is 5.69 Å². The maximum atomic E-state index is 11.4. The zero-order chi connectivity index (χ0) is 18.2. The molecule has 1 heterocycles. The molecule has 0 unspecified atom stereocenters. The third kappa shape index (κ3) is 7.23. The van der Waals surface area contributed by atoms with Crippen LogP contribution in [0, 0.1) is 0 Å². The van der Waals surface area contributed by atoms with Gasteiger partial charge in [0.05, 0.1) is 12.3 Å². The van der Waals surface area contributed by atoms with Crippen molar-refractivity contribution in [3.63, 3.8) is 0 Å². The van der Waals surface area contributed by atoms with Gasteiger partial charge in [-0.1, -0.05) is 0 Å². The van der Waals surface area contributed by atoms with Gasteiger partial charge in [0.25, 0.3) is 0 Å². The minimum Gasteiger partial charge on any atom is -0.357 e. The average molecular weight is 422 g/mol. The van der Waals surface area contributed by atoms with Crippen LogP contribution in [0.4, 0.5) is 0 Å². The van der Waals surface area contributed by atoms with Crippen molar-refractivity contribution in [1.82, 2.24) is 19.5 Å². The van der Waals surface area contributed by atoms with E-state index in [1.807, 2.05) is 27.2 Å². The number of halogens is 1. The summed E-state index contributed by atoms with van der Waals surface area (Å²) >= 11 is 3.48. The van der Waals surface area contributed by atoms with Crippen molar-refractivity contribution >= 4 is 31.9 Å². The van der Waals surface area contributed by atoms with Crippen molar-refractivity contribution in [2.75, 3.05) is 32.4 Å². The van der Waals surface area contributed by atoms with Crippen LogP contribution in [0.1, 0.15) is 26.0 Å². The minimum absolute atomic E-state index is 0.105. The number of guanidine groups is 1. The fourth-order valence-corrected chi connectivity index (χ4v) is 3.34. The molecule has 2 N–H and O–H groups in total. The fraction of sp³-hybridized carbons (Fsp3) is 0.667. The first-order chi connectivity index (χ1) is 11.3. The van der Waals surface area contributed by atoms with E-state index in [0.29, 0.717) is 19.5 Å². The molecule has 138 valence electrons. The second-order valence-electron chi connectivity index (χ2n) is 5.50. The fourth-order valence-electron chi connectivity index (χ4n) is 2.10. The van der Waals surface area contributed by atoms with Crippen molar-refractivity contribution in [3.05, 3.63) is 22.4 Å². The molecule has 24 heavy (non-hydrogen) atoms. The van der Waals surface area contributed by atoms with Crippen LogP contribution < -0.4 is 10.0 Å². The zero-order valence-electron chi connectivity index (χ0n) is 14.8. The van der Waals surface area contributed by atoms with Crippen molar-refractivity contribution < 1.29 is 8.42 Å². The maximum Gasteiger partial charge on any atom is 0.211 e. The molecule has 0 bridgehead atoms. The Bertz CT molecular complexity index is 642. The van der Waals surface area contributed by atoms with E-state index in [-0.39, 0.29) is 5.75 Å². The Hall–Kier alpha value is -1.06. The molecule has 0 aliphatic rings. The van der Waals surface area contributed by atoms with Gasteiger partial charge in [-0.2, -0.15) is 0 Å². The number of aryl methyl sites for hydroxylation is 1. The normalized spacial score (nSPS) is 12.5. The van der Waals surface area contributed by atoms with Crippen LogP contribution in [0.25, 0.3) is 0 Å².